The molecule has 0 atom stereocenters. The van der Waals surface area contributed by atoms with E-state index in [-0.39, 0.29) is 18.9 Å². The molecule has 0 unspecified atom stereocenters. The van der Waals surface area contributed by atoms with Crippen LogP contribution >= 0.6 is 0 Å². The number of unbranched alkanes of at least 4 members (excludes halogenated alkanes) is 14. The Morgan fingerprint density at radius 3 is 1.65 bits per heavy atom. The van der Waals surface area contributed by atoms with Crippen molar-refractivity contribution >= 4 is 23.8 Å². The highest BCUT2D eigenvalue weighted by atomic mass is 16.6. The van der Waals surface area contributed by atoms with Gasteiger partial charge in [0.25, 0.3) is 0 Å². The van der Waals surface area contributed by atoms with Gasteiger partial charge in [-0.3, -0.25) is 10.7 Å². The molecule has 0 spiro atoms. The third-order valence-corrected chi connectivity index (χ3v) is 5.35. The van der Waals surface area contributed by atoms with Crippen LogP contribution in [0.15, 0.2) is 10.7 Å². The van der Waals surface area contributed by atoms with Crippen LogP contribution in [0.3, 0.4) is 0 Å². The van der Waals surface area contributed by atoms with Gasteiger partial charge in [0.05, 0.1) is 13.2 Å². The zero-order valence-electron chi connectivity index (χ0n) is 21.3. The summed E-state index contributed by atoms with van der Waals surface area (Å²) >= 11 is 0. The molecule has 0 aliphatic carbocycles. The fourth-order valence-corrected chi connectivity index (χ4v) is 3.34. The van der Waals surface area contributed by atoms with Crippen molar-refractivity contribution in [1.29, 1.82) is 10.7 Å². The molecule has 0 aromatic rings. The lowest BCUT2D eigenvalue weighted by Gasteiger charge is -2.07. The number of carbonyl (C=O) groups is 2. The summed E-state index contributed by atoms with van der Waals surface area (Å²) in [5.41, 5.74) is -0.771. The van der Waals surface area contributed by atoms with Crippen molar-refractivity contribution in [3.8, 4) is 6.07 Å². The van der Waals surface area contributed by atoms with Gasteiger partial charge in [-0.1, -0.05) is 104 Å². The highest BCUT2D eigenvalue weighted by Crippen LogP contribution is 2.09. The summed E-state index contributed by atoms with van der Waals surface area (Å²) in [6.07, 6.45) is 16.2. The quantitative estimate of drug-likeness (QED) is 0.142. The average Bonchev–Trinajstić information content (AvgIpc) is 2.84. The lowest BCUT2D eigenvalue weighted by Crippen LogP contribution is -2.29. The highest BCUT2D eigenvalue weighted by Gasteiger charge is 2.14. The topological polar surface area (TPSA) is 125 Å². The Morgan fingerprint density at radius 1 is 0.765 bits per heavy atom. The van der Waals surface area contributed by atoms with Crippen molar-refractivity contribution in [1.82, 2.24) is 5.32 Å². The van der Waals surface area contributed by atoms with E-state index in [0.717, 1.165) is 38.5 Å². The second-order valence-electron chi connectivity index (χ2n) is 8.40. The van der Waals surface area contributed by atoms with Crippen molar-refractivity contribution in [2.24, 2.45) is 4.99 Å². The zero-order valence-corrected chi connectivity index (χ0v) is 21.3. The molecule has 0 fully saturated rings. The first-order valence-corrected chi connectivity index (χ1v) is 13.0. The van der Waals surface area contributed by atoms with E-state index in [1.165, 1.54) is 64.2 Å². The number of nitrogens with zero attached hydrogens (tertiary/aromatic N) is 2. The van der Waals surface area contributed by atoms with Crippen LogP contribution in [0.25, 0.3) is 0 Å². The lowest BCUT2D eigenvalue weighted by molar-refractivity contribution is 0.147. The number of nitrogens with one attached hydrogen (secondary N) is 2. The number of hydrogen-bond acceptors (Lipinski definition) is 6. The Balaban J connectivity index is 4.13. The van der Waals surface area contributed by atoms with Gasteiger partial charge >= 0.3 is 12.2 Å². The number of nitriles is 1. The third-order valence-electron chi connectivity index (χ3n) is 5.35. The van der Waals surface area contributed by atoms with Crippen LogP contribution in [-0.4, -0.2) is 37.0 Å². The van der Waals surface area contributed by atoms with Crippen LogP contribution in [0.4, 0.5) is 9.59 Å². The maximum atomic E-state index is 11.9. The largest absolute Gasteiger partial charge is 0.449 e. The number of rotatable bonds is 20. The number of aliphatic imine (C=N–C) groups is 1. The van der Waals surface area contributed by atoms with Gasteiger partial charge in [-0.25, -0.2) is 9.59 Å². The number of amides is 2. The number of hydrogen-bond donors (Lipinski definition) is 2. The smallest absolute Gasteiger partial charge is 0.434 e. The lowest BCUT2D eigenvalue weighted by atomic mass is 10.1. The highest BCUT2D eigenvalue weighted by molar-refractivity contribution is 6.19. The van der Waals surface area contributed by atoms with Gasteiger partial charge in [-0.05, 0) is 12.8 Å². The Bertz CT molecular complexity index is 679. The Hall–Kier alpha value is -2.65. The molecule has 192 valence electrons. The summed E-state index contributed by atoms with van der Waals surface area (Å²) < 4.78 is 10.1. The maximum absolute atomic E-state index is 11.9. The second-order valence-corrected chi connectivity index (χ2v) is 8.40. The van der Waals surface area contributed by atoms with Crippen molar-refractivity contribution in [3.05, 3.63) is 5.70 Å². The molecule has 0 rings (SSSR count). The molecule has 2 N–H and O–H groups in total. The summed E-state index contributed by atoms with van der Waals surface area (Å²) in [6, 6.07) is 1.69. The molecule has 0 aromatic heterocycles. The summed E-state index contributed by atoms with van der Waals surface area (Å²) in [7, 11) is 0. The first-order valence-electron chi connectivity index (χ1n) is 13.0. The number of ether oxygens (including phenoxy) is 2. The summed E-state index contributed by atoms with van der Waals surface area (Å²) in [4.78, 5) is 27.3. The predicted octanol–water partition coefficient (Wildman–Crippen LogP) is 7.23. The molecule has 0 heterocycles. The average molecular weight is 477 g/mol. The predicted molar refractivity (Wildman–Crippen MR) is 135 cm³/mol. The van der Waals surface area contributed by atoms with Gasteiger partial charge in [0.2, 0.25) is 0 Å². The standard InChI is InChI=1S/C26H44N4O4/c1-3-5-7-9-11-13-15-17-19-33-25(31)29-23(21-27)24(22-28)30-26(32)34-20-18-16-14-12-10-8-6-4-2/h27H,3-20H2,1-2H3,(H,29,31). The van der Waals surface area contributed by atoms with Crippen LogP contribution in [0, 0.1) is 16.7 Å². The van der Waals surface area contributed by atoms with E-state index in [4.69, 9.17) is 14.9 Å². The Kier molecular flexibility index (Phi) is 21.7. The number of carbonyl (C=O) groups excluding carboxylic acids is 2. The molecule has 8 heteroatoms. The molecule has 0 saturated heterocycles. The van der Waals surface area contributed by atoms with Gasteiger partial charge in [-0.15, -0.1) is 0 Å². The van der Waals surface area contributed by atoms with E-state index < -0.39 is 17.9 Å². The molecule has 0 aliphatic rings. The SMILES string of the molecule is CCCCCCCCCCOC(=O)N=C(C#N)C(=C=N)NC(=O)OCCCCCCCCCC. The Morgan fingerprint density at radius 2 is 1.21 bits per heavy atom. The maximum Gasteiger partial charge on any atom is 0.434 e. The fraction of sp³-hybridized carbons (Fsp3) is 0.769. The minimum atomic E-state index is -0.929. The van der Waals surface area contributed by atoms with Crippen molar-refractivity contribution in [2.45, 2.75) is 117 Å². The first-order chi connectivity index (χ1) is 16.6. The minimum Gasteiger partial charge on any atom is -0.449 e. The molecule has 34 heavy (non-hydrogen) atoms. The summed E-state index contributed by atoms with van der Waals surface area (Å²) in [5.74, 6) is 1.92. The van der Waals surface area contributed by atoms with Crippen molar-refractivity contribution in [3.63, 3.8) is 0 Å². The first kappa shape index (κ1) is 31.4. The van der Waals surface area contributed by atoms with E-state index in [0.29, 0.717) is 0 Å². The van der Waals surface area contributed by atoms with Gasteiger partial charge in [0, 0.05) is 5.87 Å². The van der Waals surface area contributed by atoms with Gasteiger partial charge in [-0.2, -0.15) is 10.3 Å². The van der Waals surface area contributed by atoms with Gasteiger partial charge < -0.3 is 9.47 Å². The van der Waals surface area contributed by atoms with Crippen LogP contribution in [0.2, 0.25) is 0 Å². The molecule has 2 amide bonds. The summed E-state index contributed by atoms with van der Waals surface area (Å²) in [5, 5.41) is 18.8. The van der Waals surface area contributed by atoms with Crippen LogP contribution in [0.5, 0.6) is 0 Å². The Labute approximate surface area is 205 Å². The van der Waals surface area contributed by atoms with E-state index in [1.54, 1.807) is 6.07 Å². The molecule has 0 radical (unpaired) electrons. The van der Waals surface area contributed by atoms with Crippen LogP contribution in [0.1, 0.15) is 117 Å². The minimum absolute atomic E-state index is 0.216. The summed E-state index contributed by atoms with van der Waals surface area (Å²) in [6.45, 7) is 4.84. The molecular formula is C26H44N4O4. The van der Waals surface area contributed by atoms with E-state index in [9.17, 15) is 14.9 Å². The number of allylic oxidation sites excluding steroid dienone is 1. The monoisotopic (exact) mass is 476 g/mol. The molecule has 0 aliphatic heterocycles. The van der Waals surface area contributed by atoms with Crippen LogP contribution < -0.4 is 5.32 Å². The van der Waals surface area contributed by atoms with Crippen molar-refractivity contribution < 1.29 is 19.1 Å². The van der Waals surface area contributed by atoms with Gasteiger partial charge in [0.15, 0.2) is 5.71 Å². The van der Waals surface area contributed by atoms with E-state index in [2.05, 4.69) is 24.2 Å². The molecule has 0 saturated carbocycles. The normalized spacial score (nSPS) is 10.8. The van der Waals surface area contributed by atoms with Crippen molar-refractivity contribution in [2.75, 3.05) is 13.2 Å². The molecule has 0 aromatic carbocycles. The fourth-order valence-electron chi connectivity index (χ4n) is 3.34. The third kappa shape index (κ3) is 18.9. The van der Waals surface area contributed by atoms with Crippen LogP contribution in [-0.2, 0) is 9.47 Å². The number of alkyl carbamates (subject to hydrolysis) is 1. The molecule has 8 nitrogen and oxygen atoms in total. The zero-order chi connectivity index (χ0) is 25.3. The van der Waals surface area contributed by atoms with E-state index in [1.807, 2.05) is 5.87 Å². The molecule has 0 bridgehead atoms. The van der Waals surface area contributed by atoms with Gasteiger partial charge in [0.1, 0.15) is 11.8 Å². The second kappa shape index (κ2) is 23.5. The van der Waals surface area contributed by atoms with E-state index >= 15 is 0 Å². The molecular weight excluding hydrogens is 432 g/mol.